The zero-order valence-electron chi connectivity index (χ0n) is 11.5. The average Bonchev–Trinajstić information content (AvgIpc) is 3.05. The summed E-state index contributed by atoms with van der Waals surface area (Å²) in [5.41, 5.74) is 3.42. The van der Waals surface area contributed by atoms with Crippen molar-refractivity contribution in [2.24, 2.45) is 0 Å². The van der Waals surface area contributed by atoms with E-state index in [1.54, 1.807) is 0 Å². The van der Waals surface area contributed by atoms with E-state index in [1.807, 2.05) is 24.5 Å². The highest BCUT2D eigenvalue weighted by molar-refractivity contribution is 5.95. The molecule has 3 aromatic carbocycles. The van der Waals surface area contributed by atoms with Gasteiger partial charge in [0, 0.05) is 11.1 Å². The summed E-state index contributed by atoms with van der Waals surface area (Å²) in [7, 11) is 0. The topological polar surface area (TPSA) is 13.1 Å². The maximum atomic E-state index is 5.81. The number of hydrogen-bond donors (Lipinski definition) is 0. The van der Waals surface area contributed by atoms with Crippen molar-refractivity contribution in [2.75, 3.05) is 0 Å². The number of rotatable bonds is 2. The Hall–Kier alpha value is -2.80. The van der Waals surface area contributed by atoms with Crippen molar-refractivity contribution in [3.8, 4) is 22.5 Å². The largest absolute Gasteiger partial charge is 0.464 e. The van der Waals surface area contributed by atoms with Crippen LogP contribution in [0.1, 0.15) is 0 Å². The van der Waals surface area contributed by atoms with E-state index in [0.29, 0.717) is 0 Å². The Morgan fingerprint density at radius 1 is 0.619 bits per heavy atom. The molecular weight excluding hydrogens is 256 g/mol. The standard InChI is InChI=1S/C20H14O/c1-2-7-15(8-3-1)17-13-20(21-14-17)19-12-6-10-16-9-4-5-11-18(16)19/h1-14H. The summed E-state index contributed by atoms with van der Waals surface area (Å²) in [6.07, 6.45) is 1.83. The van der Waals surface area contributed by atoms with Crippen LogP contribution in [0.15, 0.2) is 89.5 Å². The minimum Gasteiger partial charge on any atom is -0.464 e. The average molecular weight is 270 g/mol. The van der Waals surface area contributed by atoms with E-state index in [4.69, 9.17) is 4.42 Å². The SMILES string of the molecule is c1ccc(-c2coc(-c3cccc4ccccc34)c2)cc1. The maximum absolute atomic E-state index is 5.81. The molecule has 1 aromatic heterocycles. The predicted molar refractivity (Wildman–Crippen MR) is 87.1 cm³/mol. The van der Waals surface area contributed by atoms with Gasteiger partial charge in [0.2, 0.25) is 0 Å². The third-order valence-corrected chi connectivity index (χ3v) is 3.76. The van der Waals surface area contributed by atoms with Crippen LogP contribution in [-0.4, -0.2) is 0 Å². The molecule has 0 unspecified atom stereocenters. The van der Waals surface area contributed by atoms with Crippen LogP contribution in [0, 0.1) is 0 Å². The molecule has 0 fully saturated rings. The number of benzene rings is 3. The Balaban J connectivity index is 1.85. The van der Waals surface area contributed by atoms with Crippen molar-refractivity contribution in [3.05, 3.63) is 85.1 Å². The first-order valence-corrected chi connectivity index (χ1v) is 7.04. The first kappa shape index (κ1) is 12.0. The summed E-state index contributed by atoms with van der Waals surface area (Å²) < 4.78 is 5.81. The van der Waals surface area contributed by atoms with E-state index in [-0.39, 0.29) is 0 Å². The van der Waals surface area contributed by atoms with Crippen molar-refractivity contribution in [2.45, 2.75) is 0 Å². The molecule has 0 aliphatic rings. The number of fused-ring (bicyclic) bond motifs is 1. The van der Waals surface area contributed by atoms with E-state index < -0.39 is 0 Å². The van der Waals surface area contributed by atoms with Crippen LogP contribution in [-0.2, 0) is 0 Å². The predicted octanol–water partition coefficient (Wildman–Crippen LogP) is 5.77. The molecule has 0 bridgehead atoms. The molecule has 0 amide bonds. The van der Waals surface area contributed by atoms with Gasteiger partial charge >= 0.3 is 0 Å². The molecular formula is C20H14O. The van der Waals surface area contributed by atoms with Crippen LogP contribution in [0.25, 0.3) is 33.2 Å². The minimum atomic E-state index is 0.908. The van der Waals surface area contributed by atoms with Gasteiger partial charge in [-0.1, -0.05) is 72.8 Å². The second kappa shape index (κ2) is 4.95. The second-order valence-electron chi connectivity index (χ2n) is 5.09. The molecule has 0 aliphatic carbocycles. The van der Waals surface area contributed by atoms with E-state index in [2.05, 4.69) is 60.7 Å². The molecule has 0 saturated heterocycles. The highest BCUT2D eigenvalue weighted by Gasteiger charge is 2.09. The molecule has 0 spiro atoms. The molecule has 0 N–H and O–H groups in total. The molecule has 0 saturated carbocycles. The van der Waals surface area contributed by atoms with Gasteiger partial charge in [0.25, 0.3) is 0 Å². The Labute approximate surface area is 123 Å². The van der Waals surface area contributed by atoms with Gasteiger partial charge in [-0.2, -0.15) is 0 Å². The molecule has 0 radical (unpaired) electrons. The van der Waals surface area contributed by atoms with Gasteiger partial charge in [0.15, 0.2) is 0 Å². The summed E-state index contributed by atoms with van der Waals surface area (Å²) in [5.74, 6) is 0.908. The van der Waals surface area contributed by atoms with Crippen molar-refractivity contribution < 1.29 is 4.42 Å². The summed E-state index contributed by atoms with van der Waals surface area (Å²) in [6.45, 7) is 0. The lowest BCUT2D eigenvalue weighted by atomic mass is 10.0. The van der Waals surface area contributed by atoms with Crippen LogP contribution in [0.4, 0.5) is 0 Å². The van der Waals surface area contributed by atoms with Crippen LogP contribution in [0.5, 0.6) is 0 Å². The Bertz CT molecular complexity index is 883. The van der Waals surface area contributed by atoms with Gasteiger partial charge < -0.3 is 4.42 Å². The molecule has 4 rings (SSSR count). The Kier molecular flexibility index (Phi) is 2.82. The fraction of sp³-hybridized carbons (Fsp3) is 0. The molecule has 1 heteroatoms. The van der Waals surface area contributed by atoms with E-state index in [0.717, 1.165) is 16.9 Å². The van der Waals surface area contributed by atoms with Crippen LogP contribution >= 0.6 is 0 Å². The van der Waals surface area contributed by atoms with Gasteiger partial charge in [-0.25, -0.2) is 0 Å². The van der Waals surface area contributed by atoms with Crippen molar-refractivity contribution in [1.29, 1.82) is 0 Å². The normalized spacial score (nSPS) is 10.9. The molecule has 100 valence electrons. The van der Waals surface area contributed by atoms with Gasteiger partial charge in [0.1, 0.15) is 5.76 Å². The van der Waals surface area contributed by atoms with Gasteiger partial charge in [-0.3, -0.25) is 0 Å². The van der Waals surface area contributed by atoms with E-state index in [9.17, 15) is 0 Å². The Morgan fingerprint density at radius 2 is 1.38 bits per heavy atom. The highest BCUT2D eigenvalue weighted by atomic mass is 16.3. The summed E-state index contributed by atoms with van der Waals surface area (Å²) in [5, 5.41) is 2.45. The lowest BCUT2D eigenvalue weighted by molar-refractivity contribution is 0.584. The zero-order valence-corrected chi connectivity index (χ0v) is 11.5. The fourth-order valence-corrected chi connectivity index (χ4v) is 2.70. The minimum absolute atomic E-state index is 0.908. The lowest BCUT2D eigenvalue weighted by Gasteiger charge is -2.03. The first-order chi connectivity index (χ1) is 10.4. The third kappa shape index (κ3) is 2.13. The van der Waals surface area contributed by atoms with E-state index >= 15 is 0 Å². The third-order valence-electron chi connectivity index (χ3n) is 3.76. The summed E-state index contributed by atoms with van der Waals surface area (Å²) in [4.78, 5) is 0. The molecule has 21 heavy (non-hydrogen) atoms. The van der Waals surface area contributed by atoms with Crippen LogP contribution in [0.3, 0.4) is 0 Å². The zero-order chi connectivity index (χ0) is 14.1. The Morgan fingerprint density at radius 3 is 2.29 bits per heavy atom. The van der Waals surface area contributed by atoms with E-state index in [1.165, 1.54) is 16.3 Å². The molecule has 0 aliphatic heterocycles. The first-order valence-electron chi connectivity index (χ1n) is 7.04. The van der Waals surface area contributed by atoms with Gasteiger partial charge in [-0.05, 0) is 22.4 Å². The second-order valence-corrected chi connectivity index (χ2v) is 5.09. The van der Waals surface area contributed by atoms with Crippen LogP contribution in [0.2, 0.25) is 0 Å². The fourth-order valence-electron chi connectivity index (χ4n) is 2.70. The van der Waals surface area contributed by atoms with Crippen molar-refractivity contribution >= 4 is 10.8 Å². The maximum Gasteiger partial charge on any atom is 0.135 e. The molecule has 0 atom stereocenters. The van der Waals surface area contributed by atoms with Crippen molar-refractivity contribution in [1.82, 2.24) is 0 Å². The molecule has 1 nitrogen and oxygen atoms in total. The summed E-state index contributed by atoms with van der Waals surface area (Å²) >= 11 is 0. The number of hydrogen-bond acceptors (Lipinski definition) is 1. The smallest absolute Gasteiger partial charge is 0.135 e. The highest BCUT2D eigenvalue weighted by Crippen LogP contribution is 2.32. The summed E-state index contributed by atoms with van der Waals surface area (Å²) in [6, 6.07) is 27.1. The van der Waals surface area contributed by atoms with Gasteiger partial charge in [-0.15, -0.1) is 0 Å². The number of furan rings is 1. The van der Waals surface area contributed by atoms with Gasteiger partial charge in [0.05, 0.1) is 6.26 Å². The lowest BCUT2D eigenvalue weighted by Crippen LogP contribution is -1.78. The van der Waals surface area contributed by atoms with Crippen molar-refractivity contribution in [3.63, 3.8) is 0 Å². The quantitative estimate of drug-likeness (QED) is 0.451. The molecule has 4 aromatic rings. The van der Waals surface area contributed by atoms with Crippen LogP contribution < -0.4 is 0 Å². The monoisotopic (exact) mass is 270 g/mol. The molecule has 1 heterocycles.